The summed E-state index contributed by atoms with van der Waals surface area (Å²) < 4.78 is 56.3. The molecule has 1 N–H and O–H groups in total. The molecule has 0 bridgehead atoms. The van der Waals surface area contributed by atoms with E-state index in [1.54, 1.807) is 30.3 Å². The highest BCUT2D eigenvalue weighted by molar-refractivity contribution is 9.10. The first kappa shape index (κ1) is 32.5. The van der Waals surface area contributed by atoms with Crippen molar-refractivity contribution < 1.29 is 41.8 Å². The van der Waals surface area contributed by atoms with E-state index >= 15 is 0 Å². The molecule has 3 aromatic carbocycles. The van der Waals surface area contributed by atoms with Crippen LogP contribution in [0.3, 0.4) is 0 Å². The molecular formula is C28H20BrCl2F3N2O6S. The van der Waals surface area contributed by atoms with E-state index in [9.17, 15) is 27.6 Å². The van der Waals surface area contributed by atoms with Crippen LogP contribution >= 0.6 is 50.9 Å². The Bertz CT molecular complexity index is 1640. The van der Waals surface area contributed by atoms with Crippen molar-refractivity contribution in [3.05, 3.63) is 84.6 Å². The Hall–Kier alpha value is -3.39. The van der Waals surface area contributed by atoms with E-state index in [0.717, 1.165) is 12.1 Å². The number of hydrogen-bond donors (Lipinski definition) is 1. The van der Waals surface area contributed by atoms with Crippen LogP contribution in [0.25, 0.3) is 6.08 Å². The summed E-state index contributed by atoms with van der Waals surface area (Å²) in [6, 6.07) is 10.8. The molecule has 15 heteroatoms. The number of imide groups is 1. The number of methoxy groups -OCH3 is 2. The second-order valence-electron chi connectivity index (χ2n) is 8.79. The molecule has 0 aromatic heterocycles. The van der Waals surface area contributed by atoms with Gasteiger partial charge in [-0.05, 0) is 81.8 Å². The second kappa shape index (κ2) is 13.5. The maximum atomic E-state index is 13.1. The fourth-order valence-electron chi connectivity index (χ4n) is 3.85. The number of carbonyl (C=O) groups is 3. The highest BCUT2D eigenvalue weighted by Crippen LogP contribution is 2.40. The summed E-state index contributed by atoms with van der Waals surface area (Å²) >= 11 is 16.2. The lowest BCUT2D eigenvalue weighted by molar-refractivity contribution is -0.137. The molecule has 43 heavy (non-hydrogen) atoms. The molecule has 1 heterocycles. The molecule has 1 fully saturated rings. The highest BCUT2D eigenvalue weighted by Gasteiger charge is 2.37. The van der Waals surface area contributed by atoms with Crippen molar-refractivity contribution in [3.8, 4) is 17.2 Å². The lowest BCUT2D eigenvalue weighted by atomic mass is 10.1. The molecule has 3 aromatic rings. The summed E-state index contributed by atoms with van der Waals surface area (Å²) in [6.07, 6.45) is -3.22. The second-order valence-corrected chi connectivity index (χ2v) is 11.5. The molecule has 0 aliphatic carbocycles. The maximum Gasteiger partial charge on any atom is 0.416 e. The first-order valence-corrected chi connectivity index (χ1v) is 14.4. The Balaban J connectivity index is 1.48. The van der Waals surface area contributed by atoms with Crippen LogP contribution in [0.1, 0.15) is 16.7 Å². The summed E-state index contributed by atoms with van der Waals surface area (Å²) in [5.74, 6) is -1.000. The minimum absolute atomic E-state index is 0.0185. The average Bonchev–Trinajstić information content (AvgIpc) is 3.19. The Labute approximate surface area is 266 Å². The van der Waals surface area contributed by atoms with Crippen molar-refractivity contribution in [2.75, 3.05) is 26.1 Å². The van der Waals surface area contributed by atoms with E-state index < -0.39 is 35.3 Å². The number of benzene rings is 3. The van der Waals surface area contributed by atoms with Crippen molar-refractivity contribution in [2.45, 2.75) is 12.8 Å². The van der Waals surface area contributed by atoms with E-state index in [1.807, 2.05) is 0 Å². The lowest BCUT2D eigenvalue weighted by Gasteiger charge is -2.16. The van der Waals surface area contributed by atoms with Gasteiger partial charge in [0, 0.05) is 15.6 Å². The van der Waals surface area contributed by atoms with Gasteiger partial charge in [0.05, 0.1) is 34.8 Å². The van der Waals surface area contributed by atoms with Gasteiger partial charge in [0.15, 0.2) is 11.5 Å². The zero-order chi connectivity index (χ0) is 31.5. The van der Waals surface area contributed by atoms with Crippen molar-refractivity contribution in [3.63, 3.8) is 0 Å². The van der Waals surface area contributed by atoms with Gasteiger partial charge < -0.3 is 19.5 Å². The number of amides is 3. The van der Waals surface area contributed by atoms with Crippen LogP contribution in [0.15, 0.2) is 57.9 Å². The molecule has 1 aliphatic rings. The van der Waals surface area contributed by atoms with E-state index in [-0.39, 0.29) is 22.9 Å². The Morgan fingerprint density at radius 1 is 1.05 bits per heavy atom. The number of nitrogens with one attached hydrogen (secondary N) is 1. The fourth-order valence-corrected chi connectivity index (χ4v) is 5.73. The minimum atomic E-state index is -4.66. The predicted molar refractivity (Wildman–Crippen MR) is 161 cm³/mol. The Morgan fingerprint density at radius 2 is 1.77 bits per heavy atom. The number of hydrogen-bond acceptors (Lipinski definition) is 7. The molecule has 0 atom stereocenters. The van der Waals surface area contributed by atoms with Gasteiger partial charge in [-0.2, -0.15) is 13.2 Å². The van der Waals surface area contributed by atoms with E-state index in [4.69, 9.17) is 37.4 Å². The zero-order valence-corrected chi connectivity index (χ0v) is 26.1. The van der Waals surface area contributed by atoms with Gasteiger partial charge in [0.25, 0.3) is 11.1 Å². The van der Waals surface area contributed by atoms with Crippen molar-refractivity contribution >= 4 is 79.7 Å². The Kier molecular flexibility index (Phi) is 10.2. The molecule has 0 radical (unpaired) electrons. The van der Waals surface area contributed by atoms with Crippen LogP contribution in [0.5, 0.6) is 17.2 Å². The number of carbonyl (C=O) groups excluding carboxylic acids is 3. The molecule has 3 amide bonds. The summed E-state index contributed by atoms with van der Waals surface area (Å²) in [7, 11) is 2.65. The number of ether oxygens (including phenoxy) is 3. The van der Waals surface area contributed by atoms with Gasteiger partial charge in [-0.3, -0.25) is 19.3 Å². The minimum Gasteiger partial charge on any atom is -0.495 e. The summed E-state index contributed by atoms with van der Waals surface area (Å²) in [5, 5.41) is 2.46. The third kappa shape index (κ3) is 7.77. The number of alkyl halides is 3. The normalized spacial score (nSPS) is 14.3. The molecule has 0 unspecified atom stereocenters. The van der Waals surface area contributed by atoms with Crippen LogP contribution < -0.4 is 19.5 Å². The zero-order valence-electron chi connectivity index (χ0n) is 22.2. The molecule has 1 saturated heterocycles. The van der Waals surface area contributed by atoms with Gasteiger partial charge in [0.2, 0.25) is 5.91 Å². The number of rotatable bonds is 9. The van der Waals surface area contributed by atoms with Crippen LogP contribution in [0.2, 0.25) is 10.0 Å². The SMILES string of the molecule is COc1ccc(C(F)(F)F)cc1NC(=O)CN1C(=O)S/C(=C\c2cc(Br)c(OCc3ccc(Cl)cc3Cl)c(OC)c2)C1=O. The summed E-state index contributed by atoms with van der Waals surface area (Å²) in [5.41, 5.74) is -0.107. The largest absolute Gasteiger partial charge is 0.495 e. The van der Waals surface area contributed by atoms with Crippen molar-refractivity contribution in [2.24, 2.45) is 0 Å². The quantitative estimate of drug-likeness (QED) is 0.224. The smallest absolute Gasteiger partial charge is 0.416 e. The molecule has 4 rings (SSSR count). The summed E-state index contributed by atoms with van der Waals surface area (Å²) in [4.78, 5) is 39.0. The van der Waals surface area contributed by atoms with Gasteiger partial charge >= 0.3 is 6.18 Å². The van der Waals surface area contributed by atoms with Crippen LogP contribution in [0, 0.1) is 0 Å². The number of nitrogens with zero attached hydrogens (tertiary/aromatic N) is 1. The van der Waals surface area contributed by atoms with E-state index in [0.29, 0.717) is 59.9 Å². The number of anilines is 1. The van der Waals surface area contributed by atoms with Crippen LogP contribution in [-0.2, 0) is 22.4 Å². The standard InChI is InChI=1S/C28H20BrCl2F3N2O6S/c1-40-21-6-4-16(28(32,33)34)10-20(21)35-24(37)12-36-26(38)23(43-27(36)39)9-14-7-18(29)25(22(8-14)41-2)42-13-15-3-5-17(30)11-19(15)31/h3-11H,12-13H2,1-2H3,(H,35,37)/b23-9-. The molecule has 0 spiro atoms. The van der Waals surface area contributed by atoms with Crippen molar-refractivity contribution in [1.82, 2.24) is 4.90 Å². The van der Waals surface area contributed by atoms with E-state index in [1.165, 1.54) is 20.3 Å². The predicted octanol–water partition coefficient (Wildman–Crippen LogP) is 8.05. The molecule has 0 saturated carbocycles. The molecule has 8 nitrogen and oxygen atoms in total. The topological polar surface area (TPSA) is 94.2 Å². The number of thioether (sulfide) groups is 1. The van der Waals surface area contributed by atoms with Gasteiger partial charge in [-0.1, -0.05) is 29.3 Å². The van der Waals surface area contributed by atoms with Crippen LogP contribution in [-0.4, -0.2) is 42.7 Å². The molecular weight excluding hydrogens is 700 g/mol. The van der Waals surface area contributed by atoms with Gasteiger partial charge in [-0.25, -0.2) is 0 Å². The molecule has 1 aliphatic heterocycles. The maximum absolute atomic E-state index is 13.1. The summed E-state index contributed by atoms with van der Waals surface area (Å²) in [6.45, 7) is -0.619. The van der Waals surface area contributed by atoms with Gasteiger partial charge in [-0.15, -0.1) is 0 Å². The van der Waals surface area contributed by atoms with Crippen molar-refractivity contribution in [1.29, 1.82) is 0 Å². The first-order valence-electron chi connectivity index (χ1n) is 12.1. The van der Waals surface area contributed by atoms with E-state index in [2.05, 4.69) is 21.2 Å². The van der Waals surface area contributed by atoms with Gasteiger partial charge in [0.1, 0.15) is 18.9 Å². The lowest BCUT2D eigenvalue weighted by Crippen LogP contribution is -2.36. The Morgan fingerprint density at radius 3 is 2.42 bits per heavy atom. The third-order valence-corrected chi connectivity index (χ3v) is 8.00. The highest BCUT2D eigenvalue weighted by atomic mass is 79.9. The average molecular weight is 720 g/mol. The van der Waals surface area contributed by atoms with Crippen LogP contribution in [0.4, 0.5) is 23.7 Å². The monoisotopic (exact) mass is 718 g/mol. The number of halogens is 6. The molecule has 226 valence electrons. The first-order chi connectivity index (χ1) is 20.3. The fraction of sp³-hybridized carbons (Fsp3) is 0.179. The third-order valence-electron chi connectivity index (χ3n) is 5.91.